The first-order valence-corrected chi connectivity index (χ1v) is 8.21. The molecule has 23 heavy (non-hydrogen) atoms. The molecule has 2 aromatic carbocycles. The molecular weight excluding hydrogens is 320 g/mol. The number of nitro benzene ring substituents is 1. The Morgan fingerprint density at radius 2 is 1.65 bits per heavy atom. The number of carbonyl (C=O) groups excluding carboxylic acids is 1. The molecule has 0 aliphatic heterocycles. The van der Waals surface area contributed by atoms with E-state index in [-0.39, 0.29) is 10.6 Å². The lowest BCUT2D eigenvalue weighted by atomic mass is 10.3. The van der Waals surface area contributed by atoms with Crippen molar-refractivity contribution in [1.29, 1.82) is 0 Å². The van der Waals surface area contributed by atoms with Crippen LogP contribution < -0.4 is 5.32 Å². The van der Waals surface area contributed by atoms with Crippen molar-refractivity contribution in [2.45, 2.75) is 17.1 Å². The number of hydrogen-bond donors (Lipinski definition) is 1. The second kappa shape index (κ2) is 6.57. The van der Waals surface area contributed by atoms with Gasteiger partial charge in [0.25, 0.3) is 5.69 Å². The molecule has 0 saturated heterocycles. The van der Waals surface area contributed by atoms with E-state index in [1.165, 1.54) is 6.92 Å². The van der Waals surface area contributed by atoms with Crippen molar-refractivity contribution in [2.24, 2.45) is 0 Å². The van der Waals surface area contributed by atoms with Crippen molar-refractivity contribution in [1.82, 2.24) is 0 Å². The number of nitro groups is 1. The average Bonchev–Trinajstić information content (AvgIpc) is 2.55. The molecule has 0 saturated carbocycles. The van der Waals surface area contributed by atoms with Crippen molar-refractivity contribution in [2.75, 3.05) is 5.32 Å². The number of nitrogens with one attached hydrogen (secondary N) is 1. The monoisotopic (exact) mass is 334 g/mol. The average molecular weight is 334 g/mol. The number of carbonyl (C=O) groups is 1. The van der Waals surface area contributed by atoms with Crippen molar-refractivity contribution in [3.8, 4) is 0 Å². The Kier molecular flexibility index (Phi) is 4.75. The quantitative estimate of drug-likeness (QED) is 0.667. The van der Waals surface area contributed by atoms with E-state index in [2.05, 4.69) is 5.32 Å². The fraction of sp³-hybridized carbons (Fsp3) is 0.133. The summed E-state index contributed by atoms with van der Waals surface area (Å²) in [6.45, 7) is 1.27. The largest absolute Gasteiger partial charge is 0.325 e. The second-order valence-corrected chi connectivity index (χ2v) is 7.06. The molecule has 0 bridgehead atoms. The number of anilines is 1. The van der Waals surface area contributed by atoms with Gasteiger partial charge < -0.3 is 5.32 Å². The van der Waals surface area contributed by atoms with Gasteiger partial charge in [-0.3, -0.25) is 14.9 Å². The molecule has 1 atom stereocenters. The summed E-state index contributed by atoms with van der Waals surface area (Å²) in [6.07, 6.45) is 0. The molecule has 0 heterocycles. The Bertz CT molecular complexity index is 817. The maximum atomic E-state index is 12.4. The maximum Gasteiger partial charge on any atom is 0.269 e. The molecule has 0 unspecified atom stereocenters. The minimum atomic E-state index is -3.94. The Hall–Kier alpha value is -2.74. The first-order chi connectivity index (χ1) is 10.8. The van der Waals surface area contributed by atoms with Crippen LogP contribution >= 0.6 is 0 Å². The number of hydrogen-bond acceptors (Lipinski definition) is 5. The van der Waals surface area contributed by atoms with Gasteiger partial charge in [-0.05, 0) is 31.2 Å². The third-order valence-corrected chi connectivity index (χ3v) is 5.33. The number of amides is 1. The van der Waals surface area contributed by atoms with Gasteiger partial charge in [-0.25, -0.2) is 8.42 Å². The van der Waals surface area contributed by atoms with Gasteiger partial charge in [0.15, 0.2) is 9.84 Å². The molecule has 0 aliphatic carbocycles. The van der Waals surface area contributed by atoms with Crippen LogP contribution in [-0.2, 0) is 14.6 Å². The first kappa shape index (κ1) is 16.6. The van der Waals surface area contributed by atoms with Crippen LogP contribution in [0.4, 0.5) is 11.4 Å². The van der Waals surface area contributed by atoms with Crippen LogP contribution in [0.1, 0.15) is 6.92 Å². The van der Waals surface area contributed by atoms with Crippen LogP contribution in [0.15, 0.2) is 59.5 Å². The van der Waals surface area contributed by atoms with Crippen molar-refractivity contribution in [3.63, 3.8) is 0 Å². The number of rotatable bonds is 5. The molecule has 1 N–H and O–H groups in total. The number of para-hydroxylation sites is 1. The second-order valence-electron chi connectivity index (χ2n) is 4.79. The Labute approximate surface area is 133 Å². The molecule has 0 fully saturated rings. The molecule has 0 radical (unpaired) electrons. The summed E-state index contributed by atoms with van der Waals surface area (Å²) in [4.78, 5) is 21.9. The van der Waals surface area contributed by atoms with E-state index >= 15 is 0 Å². The van der Waals surface area contributed by atoms with E-state index in [1.54, 1.807) is 30.3 Å². The molecule has 0 aromatic heterocycles. The zero-order chi connectivity index (χ0) is 17.0. The molecule has 7 nitrogen and oxygen atoms in total. The fourth-order valence-electron chi connectivity index (χ4n) is 1.87. The molecule has 120 valence electrons. The fourth-order valence-corrected chi connectivity index (χ4v) is 3.13. The van der Waals surface area contributed by atoms with Gasteiger partial charge in [0.05, 0.1) is 9.82 Å². The smallest absolute Gasteiger partial charge is 0.269 e. The highest BCUT2D eigenvalue weighted by atomic mass is 32.2. The van der Waals surface area contributed by atoms with E-state index in [0.717, 1.165) is 24.3 Å². The van der Waals surface area contributed by atoms with Crippen LogP contribution in [0.25, 0.3) is 0 Å². The summed E-state index contributed by atoms with van der Waals surface area (Å²) in [5.74, 6) is -0.672. The van der Waals surface area contributed by atoms with Gasteiger partial charge in [0, 0.05) is 17.8 Å². The summed E-state index contributed by atoms with van der Waals surface area (Å²) in [5, 5.41) is 11.8. The van der Waals surface area contributed by atoms with Crippen molar-refractivity contribution < 1.29 is 18.1 Å². The SMILES string of the molecule is C[C@@H](C(=O)Nc1ccccc1)S(=O)(=O)c1ccc([N+](=O)[O-])cc1. The lowest BCUT2D eigenvalue weighted by Crippen LogP contribution is -2.32. The lowest BCUT2D eigenvalue weighted by molar-refractivity contribution is -0.384. The maximum absolute atomic E-state index is 12.4. The van der Waals surface area contributed by atoms with Gasteiger partial charge in [0.2, 0.25) is 5.91 Å². The lowest BCUT2D eigenvalue weighted by Gasteiger charge is -2.13. The van der Waals surface area contributed by atoms with Crippen molar-refractivity contribution >= 4 is 27.1 Å². The highest BCUT2D eigenvalue weighted by molar-refractivity contribution is 7.92. The summed E-state index contributed by atoms with van der Waals surface area (Å²) >= 11 is 0. The minimum absolute atomic E-state index is 0.140. The summed E-state index contributed by atoms with van der Waals surface area (Å²) < 4.78 is 24.8. The molecule has 2 rings (SSSR count). The van der Waals surface area contributed by atoms with E-state index in [4.69, 9.17) is 0 Å². The van der Waals surface area contributed by atoms with Crippen LogP contribution in [0, 0.1) is 10.1 Å². The number of benzene rings is 2. The van der Waals surface area contributed by atoms with E-state index < -0.39 is 25.9 Å². The van der Waals surface area contributed by atoms with Gasteiger partial charge in [0.1, 0.15) is 5.25 Å². The highest BCUT2D eigenvalue weighted by Crippen LogP contribution is 2.20. The van der Waals surface area contributed by atoms with E-state index in [0.29, 0.717) is 5.69 Å². The van der Waals surface area contributed by atoms with Crippen LogP contribution in [0.5, 0.6) is 0 Å². The number of non-ortho nitro benzene ring substituents is 1. The minimum Gasteiger partial charge on any atom is -0.325 e. The molecule has 1 amide bonds. The number of sulfone groups is 1. The zero-order valence-corrected chi connectivity index (χ0v) is 13.0. The topological polar surface area (TPSA) is 106 Å². The zero-order valence-electron chi connectivity index (χ0n) is 12.2. The standard InChI is InChI=1S/C15H14N2O5S/c1-11(15(18)16-12-5-3-2-4-6-12)23(21,22)14-9-7-13(8-10-14)17(19)20/h2-11H,1H3,(H,16,18)/t11-/m0/s1. The normalized spacial score (nSPS) is 12.4. The van der Waals surface area contributed by atoms with Gasteiger partial charge in [-0.1, -0.05) is 18.2 Å². The third-order valence-electron chi connectivity index (χ3n) is 3.25. The molecular formula is C15H14N2O5S. The summed E-state index contributed by atoms with van der Waals surface area (Å²) in [7, 11) is -3.94. The third kappa shape index (κ3) is 3.72. The Morgan fingerprint density at radius 1 is 1.09 bits per heavy atom. The van der Waals surface area contributed by atoms with E-state index in [9.17, 15) is 23.3 Å². The van der Waals surface area contributed by atoms with Crippen LogP contribution in [0.3, 0.4) is 0 Å². The summed E-state index contributed by atoms with van der Waals surface area (Å²) in [5.41, 5.74) is 0.272. The molecule has 8 heteroatoms. The molecule has 0 spiro atoms. The van der Waals surface area contributed by atoms with E-state index in [1.807, 2.05) is 0 Å². The van der Waals surface area contributed by atoms with Gasteiger partial charge >= 0.3 is 0 Å². The molecule has 2 aromatic rings. The number of nitrogens with zero attached hydrogens (tertiary/aromatic N) is 1. The predicted octanol–water partition coefficient (Wildman–Crippen LogP) is 2.40. The Balaban J connectivity index is 2.20. The first-order valence-electron chi connectivity index (χ1n) is 6.66. The van der Waals surface area contributed by atoms with Gasteiger partial charge in [-0.15, -0.1) is 0 Å². The highest BCUT2D eigenvalue weighted by Gasteiger charge is 2.30. The molecule has 0 aliphatic rings. The summed E-state index contributed by atoms with van der Waals surface area (Å²) in [6, 6.07) is 12.9. The predicted molar refractivity (Wildman–Crippen MR) is 84.8 cm³/mol. The van der Waals surface area contributed by atoms with Crippen LogP contribution in [0.2, 0.25) is 0 Å². The van der Waals surface area contributed by atoms with Gasteiger partial charge in [-0.2, -0.15) is 0 Å². The van der Waals surface area contributed by atoms with Crippen LogP contribution in [-0.4, -0.2) is 24.5 Å². The van der Waals surface area contributed by atoms with Crippen molar-refractivity contribution in [3.05, 3.63) is 64.7 Å². The Morgan fingerprint density at radius 3 is 2.17 bits per heavy atom.